The summed E-state index contributed by atoms with van der Waals surface area (Å²) in [5.41, 5.74) is 0.953. The predicted octanol–water partition coefficient (Wildman–Crippen LogP) is 2.46. The molecule has 0 bridgehead atoms. The van der Waals surface area contributed by atoms with Gasteiger partial charge in [-0.3, -0.25) is 0 Å². The molecule has 0 atom stereocenters. The molecule has 0 saturated carbocycles. The van der Waals surface area contributed by atoms with Crippen LogP contribution in [0.25, 0.3) is 11.1 Å². The number of sulfone groups is 1. The fraction of sp³-hybridized carbons (Fsp3) is 0.133. The van der Waals surface area contributed by atoms with Crippen molar-refractivity contribution >= 4 is 15.8 Å². The van der Waals surface area contributed by atoms with Crippen LogP contribution in [-0.2, 0) is 9.84 Å². The standard InChI is InChI=1S/C15H14O5S/c1-20-12-5-3-4-10(8-12)13-9-11(15(16)17)6-7-14(13)21(2,18)19/h3-9H,1-2H3,(H,16,17). The van der Waals surface area contributed by atoms with E-state index in [1.807, 2.05) is 0 Å². The maximum Gasteiger partial charge on any atom is 0.335 e. The van der Waals surface area contributed by atoms with Crippen molar-refractivity contribution < 1.29 is 23.1 Å². The van der Waals surface area contributed by atoms with Crippen LogP contribution in [0.15, 0.2) is 47.4 Å². The third-order valence-corrected chi connectivity index (χ3v) is 4.16. The largest absolute Gasteiger partial charge is 0.497 e. The van der Waals surface area contributed by atoms with Crippen LogP contribution in [0.2, 0.25) is 0 Å². The molecular formula is C15H14O5S. The molecule has 0 heterocycles. The molecule has 2 rings (SSSR count). The zero-order chi connectivity index (χ0) is 15.6. The number of aromatic carboxylic acids is 1. The van der Waals surface area contributed by atoms with Crippen molar-refractivity contribution in [3.8, 4) is 16.9 Å². The summed E-state index contributed by atoms with van der Waals surface area (Å²) in [4.78, 5) is 11.2. The van der Waals surface area contributed by atoms with Gasteiger partial charge in [0.1, 0.15) is 5.75 Å². The van der Waals surface area contributed by atoms with Gasteiger partial charge in [0.15, 0.2) is 9.84 Å². The third-order valence-electron chi connectivity index (χ3n) is 3.01. The zero-order valence-electron chi connectivity index (χ0n) is 11.5. The molecule has 0 aliphatic carbocycles. The van der Waals surface area contributed by atoms with Gasteiger partial charge in [-0.15, -0.1) is 0 Å². The van der Waals surface area contributed by atoms with Crippen LogP contribution in [0.4, 0.5) is 0 Å². The molecule has 2 aromatic carbocycles. The van der Waals surface area contributed by atoms with Gasteiger partial charge in [-0.1, -0.05) is 12.1 Å². The molecule has 110 valence electrons. The van der Waals surface area contributed by atoms with E-state index in [0.717, 1.165) is 6.26 Å². The lowest BCUT2D eigenvalue weighted by Gasteiger charge is -2.10. The van der Waals surface area contributed by atoms with Gasteiger partial charge in [0, 0.05) is 11.8 Å². The second kappa shape index (κ2) is 5.57. The average Bonchev–Trinajstić information content (AvgIpc) is 2.45. The molecular weight excluding hydrogens is 292 g/mol. The van der Waals surface area contributed by atoms with Gasteiger partial charge in [0.05, 0.1) is 17.6 Å². The molecule has 0 spiro atoms. The predicted molar refractivity (Wildman–Crippen MR) is 78.5 cm³/mol. The summed E-state index contributed by atoms with van der Waals surface area (Å²) in [6.07, 6.45) is 1.09. The highest BCUT2D eigenvalue weighted by Gasteiger charge is 2.17. The Morgan fingerprint density at radius 3 is 2.43 bits per heavy atom. The van der Waals surface area contributed by atoms with Crippen LogP contribution in [-0.4, -0.2) is 32.9 Å². The number of carbonyl (C=O) groups is 1. The second-order valence-corrected chi connectivity index (χ2v) is 6.50. The van der Waals surface area contributed by atoms with Gasteiger partial charge in [0.25, 0.3) is 0 Å². The van der Waals surface area contributed by atoms with Gasteiger partial charge in [-0.2, -0.15) is 0 Å². The summed E-state index contributed by atoms with van der Waals surface area (Å²) in [7, 11) is -1.97. The highest BCUT2D eigenvalue weighted by molar-refractivity contribution is 7.90. The molecule has 5 nitrogen and oxygen atoms in total. The van der Waals surface area contributed by atoms with E-state index in [1.54, 1.807) is 24.3 Å². The minimum absolute atomic E-state index is 0.0280. The number of hydrogen-bond acceptors (Lipinski definition) is 4. The van der Waals surface area contributed by atoms with E-state index < -0.39 is 15.8 Å². The van der Waals surface area contributed by atoms with E-state index in [1.165, 1.54) is 25.3 Å². The zero-order valence-corrected chi connectivity index (χ0v) is 12.3. The summed E-state index contributed by atoms with van der Waals surface area (Å²) >= 11 is 0. The molecule has 21 heavy (non-hydrogen) atoms. The number of benzene rings is 2. The Kier molecular flexibility index (Phi) is 3.99. The number of methoxy groups -OCH3 is 1. The van der Waals surface area contributed by atoms with Gasteiger partial charge in [-0.25, -0.2) is 13.2 Å². The maximum absolute atomic E-state index is 11.9. The van der Waals surface area contributed by atoms with Crippen molar-refractivity contribution in [2.45, 2.75) is 4.90 Å². The Labute approximate surface area is 122 Å². The smallest absolute Gasteiger partial charge is 0.335 e. The highest BCUT2D eigenvalue weighted by Crippen LogP contribution is 2.30. The molecule has 1 N–H and O–H groups in total. The monoisotopic (exact) mass is 306 g/mol. The molecule has 0 radical (unpaired) electrons. The Bertz CT molecular complexity index is 793. The van der Waals surface area contributed by atoms with Crippen LogP contribution in [0.5, 0.6) is 5.75 Å². The number of carboxylic acids is 1. The van der Waals surface area contributed by atoms with Crippen LogP contribution in [0.1, 0.15) is 10.4 Å². The lowest BCUT2D eigenvalue weighted by Crippen LogP contribution is -2.03. The van der Waals surface area contributed by atoms with Gasteiger partial charge < -0.3 is 9.84 Å². The highest BCUT2D eigenvalue weighted by atomic mass is 32.2. The molecule has 0 saturated heterocycles. The van der Waals surface area contributed by atoms with Crippen LogP contribution < -0.4 is 4.74 Å². The van der Waals surface area contributed by atoms with Crippen LogP contribution in [0, 0.1) is 0 Å². The van der Waals surface area contributed by atoms with E-state index in [2.05, 4.69) is 0 Å². The van der Waals surface area contributed by atoms with Crippen molar-refractivity contribution in [1.82, 2.24) is 0 Å². The summed E-state index contributed by atoms with van der Waals surface area (Å²) in [6.45, 7) is 0. The fourth-order valence-corrected chi connectivity index (χ4v) is 2.89. The van der Waals surface area contributed by atoms with E-state index >= 15 is 0 Å². The minimum Gasteiger partial charge on any atom is -0.497 e. The normalized spacial score (nSPS) is 11.1. The van der Waals surface area contributed by atoms with Gasteiger partial charge >= 0.3 is 5.97 Å². The summed E-state index contributed by atoms with van der Waals surface area (Å²) in [5, 5.41) is 9.08. The number of rotatable bonds is 4. The molecule has 0 amide bonds. The topological polar surface area (TPSA) is 80.7 Å². The fourth-order valence-electron chi connectivity index (χ4n) is 2.00. The van der Waals surface area contributed by atoms with Crippen molar-refractivity contribution in [3.63, 3.8) is 0 Å². The average molecular weight is 306 g/mol. The first-order chi connectivity index (χ1) is 9.82. The maximum atomic E-state index is 11.9. The van der Waals surface area contributed by atoms with Gasteiger partial charge in [0.2, 0.25) is 0 Å². The molecule has 0 unspecified atom stereocenters. The number of carboxylic acid groups (broad SMARTS) is 1. The molecule has 0 aromatic heterocycles. The first kappa shape index (κ1) is 15.1. The number of hydrogen-bond donors (Lipinski definition) is 1. The molecule has 2 aromatic rings. The second-order valence-electron chi connectivity index (χ2n) is 4.52. The Morgan fingerprint density at radius 2 is 1.86 bits per heavy atom. The lowest BCUT2D eigenvalue weighted by atomic mass is 10.0. The van der Waals surface area contributed by atoms with E-state index in [4.69, 9.17) is 9.84 Å². The summed E-state index contributed by atoms with van der Waals surface area (Å²) in [5.74, 6) is -0.549. The van der Waals surface area contributed by atoms with E-state index in [-0.39, 0.29) is 10.5 Å². The summed E-state index contributed by atoms with van der Waals surface area (Å²) in [6, 6.07) is 10.8. The van der Waals surface area contributed by atoms with Crippen molar-refractivity contribution in [1.29, 1.82) is 0 Å². The molecule has 0 aliphatic rings. The first-order valence-electron chi connectivity index (χ1n) is 6.05. The summed E-state index contributed by atoms with van der Waals surface area (Å²) < 4.78 is 28.9. The number of ether oxygens (including phenoxy) is 1. The van der Waals surface area contributed by atoms with Crippen molar-refractivity contribution in [3.05, 3.63) is 48.0 Å². The van der Waals surface area contributed by atoms with Gasteiger partial charge in [-0.05, 0) is 35.9 Å². The Balaban J connectivity index is 2.74. The Hall–Kier alpha value is -2.34. The lowest BCUT2D eigenvalue weighted by molar-refractivity contribution is 0.0697. The minimum atomic E-state index is -3.48. The molecule has 6 heteroatoms. The van der Waals surface area contributed by atoms with Crippen molar-refractivity contribution in [2.24, 2.45) is 0 Å². The molecule has 0 fully saturated rings. The van der Waals surface area contributed by atoms with Crippen LogP contribution >= 0.6 is 0 Å². The molecule has 0 aliphatic heterocycles. The van der Waals surface area contributed by atoms with Crippen molar-refractivity contribution in [2.75, 3.05) is 13.4 Å². The first-order valence-corrected chi connectivity index (χ1v) is 7.94. The van der Waals surface area contributed by atoms with E-state index in [9.17, 15) is 13.2 Å². The third kappa shape index (κ3) is 3.22. The Morgan fingerprint density at radius 1 is 1.14 bits per heavy atom. The quantitative estimate of drug-likeness (QED) is 0.938. The van der Waals surface area contributed by atoms with E-state index in [0.29, 0.717) is 16.9 Å². The van der Waals surface area contributed by atoms with Crippen LogP contribution in [0.3, 0.4) is 0 Å². The SMILES string of the molecule is COc1cccc(-c2cc(C(=O)O)ccc2S(C)(=O)=O)c1.